The van der Waals surface area contributed by atoms with Gasteiger partial charge in [0, 0.05) is 35.5 Å². The molecule has 1 heterocycles. The molecule has 2 rings (SSSR count). The van der Waals surface area contributed by atoms with E-state index in [-0.39, 0.29) is 17.0 Å². The van der Waals surface area contributed by atoms with Crippen molar-refractivity contribution in [3.05, 3.63) is 45.5 Å². The smallest absolute Gasteiger partial charge is 0.270 e. The lowest BCUT2D eigenvalue weighted by Crippen LogP contribution is -1.90. The van der Waals surface area contributed by atoms with Gasteiger partial charge in [-0.25, -0.2) is 9.98 Å². The molecule has 1 N–H and O–H groups in total. The molecule has 0 saturated carbocycles. The topological polar surface area (TPSA) is 88.6 Å². The van der Waals surface area contributed by atoms with Gasteiger partial charge in [-0.3, -0.25) is 10.1 Å². The van der Waals surface area contributed by atoms with E-state index in [1.54, 1.807) is 11.6 Å². The first-order valence-electron chi connectivity index (χ1n) is 4.58. The minimum absolute atomic E-state index is 0.0593. The van der Waals surface area contributed by atoms with Gasteiger partial charge >= 0.3 is 0 Å². The zero-order valence-electron chi connectivity index (χ0n) is 8.48. The van der Waals surface area contributed by atoms with Gasteiger partial charge in [0.15, 0.2) is 0 Å². The Bertz CT molecular complexity index is 566. The Morgan fingerprint density at radius 1 is 1.53 bits per heavy atom. The first kappa shape index (κ1) is 11.2. The number of phenolic OH excluding ortho intramolecular Hbond substituents is 1. The molecule has 0 unspecified atom stereocenters. The predicted octanol–water partition coefficient (Wildman–Crippen LogP) is 2.51. The Kier molecular flexibility index (Phi) is 3.10. The van der Waals surface area contributed by atoms with Crippen LogP contribution in [0, 0.1) is 10.1 Å². The lowest BCUT2D eigenvalue weighted by molar-refractivity contribution is -0.384. The van der Waals surface area contributed by atoms with Crippen LogP contribution in [0.2, 0.25) is 0 Å². The van der Waals surface area contributed by atoms with Gasteiger partial charge in [0.05, 0.1) is 4.92 Å². The maximum Gasteiger partial charge on any atom is 0.270 e. The fourth-order valence-electron chi connectivity index (χ4n) is 1.16. The van der Waals surface area contributed by atoms with Crippen molar-refractivity contribution in [3.8, 4) is 5.75 Å². The van der Waals surface area contributed by atoms with Crippen LogP contribution in [-0.2, 0) is 0 Å². The van der Waals surface area contributed by atoms with Crippen molar-refractivity contribution in [3.63, 3.8) is 0 Å². The molecule has 0 aliphatic carbocycles. The molecule has 0 fully saturated rings. The van der Waals surface area contributed by atoms with Gasteiger partial charge in [0.1, 0.15) is 5.75 Å². The van der Waals surface area contributed by atoms with Crippen LogP contribution >= 0.6 is 11.3 Å². The van der Waals surface area contributed by atoms with E-state index >= 15 is 0 Å². The van der Waals surface area contributed by atoms with Crippen LogP contribution in [0.1, 0.15) is 5.56 Å². The second-order valence-corrected chi connectivity index (χ2v) is 3.95. The Balaban J connectivity index is 2.31. The predicted molar refractivity (Wildman–Crippen MR) is 64.1 cm³/mol. The Hall–Kier alpha value is -2.28. The van der Waals surface area contributed by atoms with Gasteiger partial charge in [-0.2, -0.15) is 0 Å². The molecule has 2 aromatic rings. The van der Waals surface area contributed by atoms with Gasteiger partial charge in [-0.15, -0.1) is 11.3 Å². The quantitative estimate of drug-likeness (QED) is 0.514. The van der Waals surface area contributed by atoms with Crippen molar-refractivity contribution in [1.29, 1.82) is 0 Å². The summed E-state index contributed by atoms with van der Waals surface area (Å²) in [5, 5.41) is 22.4. The second-order valence-electron chi connectivity index (χ2n) is 3.07. The summed E-state index contributed by atoms with van der Waals surface area (Å²) in [4.78, 5) is 18.0. The van der Waals surface area contributed by atoms with E-state index in [1.165, 1.54) is 35.8 Å². The molecule has 0 saturated heterocycles. The molecule has 0 bridgehead atoms. The van der Waals surface area contributed by atoms with Crippen molar-refractivity contribution in [2.24, 2.45) is 4.99 Å². The van der Waals surface area contributed by atoms with E-state index in [0.717, 1.165) is 0 Å². The summed E-state index contributed by atoms with van der Waals surface area (Å²) in [5.41, 5.74) is 0.192. The van der Waals surface area contributed by atoms with Gasteiger partial charge in [-0.1, -0.05) is 0 Å². The molecule has 6 nitrogen and oxygen atoms in total. The highest BCUT2D eigenvalue weighted by atomic mass is 32.1. The zero-order chi connectivity index (χ0) is 12.3. The molecule has 1 aromatic heterocycles. The van der Waals surface area contributed by atoms with Crippen molar-refractivity contribution >= 4 is 28.4 Å². The third-order valence-electron chi connectivity index (χ3n) is 1.96. The van der Waals surface area contributed by atoms with Crippen LogP contribution in [-0.4, -0.2) is 21.2 Å². The van der Waals surface area contributed by atoms with Crippen LogP contribution in [0.25, 0.3) is 0 Å². The van der Waals surface area contributed by atoms with E-state index < -0.39 is 4.92 Å². The molecule has 0 amide bonds. The van der Waals surface area contributed by atoms with E-state index in [1.807, 2.05) is 0 Å². The summed E-state index contributed by atoms with van der Waals surface area (Å²) in [6.45, 7) is 0. The third-order valence-corrected chi connectivity index (χ3v) is 2.63. The van der Waals surface area contributed by atoms with Crippen LogP contribution in [0.4, 0.5) is 10.8 Å². The summed E-state index contributed by atoms with van der Waals surface area (Å²) in [6.07, 6.45) is 2.95. The molecule has 1 aromatic carbocycles. The van der Waals surface area contributed by atoms with Crippen molar-refractivity contribution < 1.29 is 10.0 Å². The van der Waals surface area contributed by atoms with Crippen LogP contribution in [0.3, 0.4) is 0 Å². The molecule has 0 atom stereocenters. The third kappa shape index (κ3) is 2.64. The van der Waals surface area contributed by atoms with Crippen molar-refractivity contribution in [2.45, 2.75) is 0 Å². The number of aromatic nitrogens is 1. The molecule has 0 spiro atoms. The van der Waals surface area contributed by atoms with Crippen molar-refractivity contribution in [1.82, 2.24) is 4.98 Å². The molecule has 7 heteroatoms. The summed E-state index contributed by atoms with van der Waals surface area (Å²) in [6, 6.07) is 3.75. The minimum atomic E-state index is -0.528. The molecule has 17 heavy (non-hydrogen) atoms. The SMILES string of the molecule is O=[N+]([O-])c1ccc(O)c(C=Nc2nccs2)c1. The number of non-ortho nitro benzene ring substituents is 1. The number of rotatable bonds is 3. The Morgan fingerprint density at radius 2 is 2.35 bits per heavy atom. The number of benzene rings is 1. The zero-order valence-corrected chi connectivity index (χ0v) is 9.29. The summed E-state index contributed by atoms with van der Waals surface area (Å²) < 4.78 is 0. The molecule has 0 aliphatic rings. The van der Waals surface area contributed by atoms with Gasteiger partial charge in [0.25, 0.3) is 5.69 Å². The number of nitrogens with zero attached hydrogens (tertiary/aromatic N) is 3. The molecule has 0 aliphatic heterocycles. The number of aromatic hydroxyl groups is 1. The lowest BCUT2D eigenvalue weighted by atomic mass is 10.2. The number of thiazole rings is 1. The van der Waals surface area contributed by atoms with Crippen LogP contribution in [0.15, 0.2) is 34.8 Å². The maximum atomic E-state index is 10.6. The van der Waals surface area contributed by atoms with Crippen molar-refractivity contribution in [2.75, 3.05) is 0 Å². The van der Waals surface area contributed by atoms with E-state index in [9.17, 15) is 15.2 Å². The largest absolute Gasteiger partial charge is 0.507 e. The molecule has 0 radical (unpaired) electrons. The highest BCUT2D eigenvalue weighted by Crippen LogP contribution is 2.22. The molecule has 86 valence electrons. The molecular weight excluding hydrogens is 242 g/mol. The highest BCUT2D eigenvalue weighted by Gasteiger charge is 2.08. The van der Waals surface area contributed by atoms with E-state index in [2.05, 4.69) is 9.98 Å². The summed E-state index contributed by atoms with van der Waals surface area (Å²) >= 11 is 1.33. The number of nitro groups is 1. The average Bonchev–Trinajstić information content (AvgIpc) is 2.80. The number of aliphatic imine (C=N–C) groups is 1. The van der Waals surface area contributed by atoms with Gasteiger partial charge in [-0.05, 0) is 6.07 Å². The lowest BCUT2D eigenvalue weighted by Gasteiger charge is -1.97. The summed E-state index contributed by atoms with van der Waals surface area (Å²) in [7, 11) is 0. The standard InChI is InChI=1S/C10H7N3O3S/c14-9-2-1-8(13(15)16)5-7(9)6-12-10-11-3-4-17-10/h1-6,14H. The second kappa shape index (κ2) is 4.71. The Labute approximate surface area is 100 Å². The fourth-order valence-corrected chi connectivity index (χ4v) is 1.64. The first-order valence-corrected chi connectivity index (χ1v) is 5.46. The van der Waals surface area contributed by atoms with Gasteiger partial charge < -0.3 is 5.11 Å². The summed E-state index contributed by atoms with van der Waals surface area (Å²) in [5.74, 6) is -0.0593. The van der Waals surface area contributed by atoms with E-state index in [4.69, 9.17) is 0 Å². The highest BCUT2D eigenvalue weighted by molar-refractivity contribution is 7.13. The number of hydrogen-bond acceptors (Lipinski definition) is 6. The fraction of sp³-hybridized carbons (Fsp3) is 0. The van der Waals surface area contributed by atoms with Gasteiger partial charge in [0.2, 0.25) is 5.13 Å². The van der Waals surface area contributed by atoms with Crippen LogP contribution < -0.4 is 0 Å². The monoisotopic (exact) mass is 249 g/mol. The van der Waals surface area contributed by atoms with E-state index in [0.29, 0.717) is 5.13 Å². The minimum Gasteiger partial charge on any atom is -0.507 e. The number of hydrogen-bond donors (Lipinski definition) is 1. The number of nitro benzene ring substituents is 1. The number of phenols is 1. The average molecular weight is 249 g/mol. The Morgan fingerprint density at radius 3 is 3.00 bits per heavy atom. The maximum absolute atomic E-state index is 10.6. The molecular formula is C10H7N3O3S. The normalized spacial score (nSPS) is 10.8. The first-order chi connectivity index (χ1) is 8.16. The van der Waals surface area contributed by atoms with Crippen LogP contribution in [0.5, 0.6) is 5.75 Å².